The van der Waals surface area contributed by atoms with Gasteiger partial charge in [-0.25, -0.2) is 8.42 Å². The molecule has 0 aliphatic carbocycles. The predicted octanol–water partition coefficient (Wildman–Crippen LogP) is -1.95. The molecule has 0 fully saturated rings. The van der Waals surface area contributed by atoms with Crippen molar-refractivity contribution in [1.82, 2.24) is 0 Å². The monoisotopic (exact) mass is 311 g/mol. The van der Waals surface area contributed by atoms with Crippen molar-refractivity contribution in [3.63, 3.8) is 0 Å². The molecule has 0 heterocycles. The fourth-order valence-corrected chi connectivity index (χ4v) is 1.61. The first-order valence-electron chi connectivity index (χ1n) is 5.31. The van der Waals surface area contributed by atoms with Crippen LogP contribution in [0.2, 0.25) is 0 Å². The zero-order chi connectivity index (χ0) is 13.6. The molecule has 0 aliphatic rings. The Morgan fingerprint density at radius 1 is 1.32 bits per heavy atom. The second-order valence-corrected chi connectivity index (χ2v) is 4.45. The van der Waals surface area contributed by atoms with Gasteiger partial charge in [0.25, 0.3) is 0 Å². The van der Waals surface area contributed by atoms with E-state index in [1.165, 1.54) is 0 Å². The van der Waals surface area contributed by atoms with Gasteiger partial charge in [-0.05, 0) is 31.2 Å². The second-order valence-electron chi connectivity index (χ2n) is 3.43. The Bertz CT molecular complexity index is 504. The first kappa shape index (κ1) is 19.1. The molecule has 0 saturated carbocycles. The minimum Gasteiger partial charge on any atom is -0.728 e. The van der Waals surface area contributed by atoms with Gasteiger partial charge in [-0.2, -0.15) is 0 Å². The largest absolute Gasteiger partial charge is 1.00 e. The molecule has 0 amide bonds. The normalized spacial score (nSPS) is 11.3. The molecule has 1 aromatic carbocycles. The van der Waals surface area contributed by atoms with E-state index < -0.39 is 10.3 Å². The van der Waals surface area contributed by atoms with Crippen LogP contribution in [-0.2, 0) is 10.3 Å². The summed E-state index contributed by atoms with van der Waals surface area (Å²) in [6.45, 7) is 3.24. The number of hydrogen-bond donors (Lipinski definition) is 1. The maximum absolute atomic E-state index is 10.3. The van der Waals surface area contributed by atoms with Crippen LogP contribution in [0.1, 0.15) is 6.92 Å². The van der Waals surface area contributed by atoms with E-state index in [1.54, 1.807) is 24.3 Å². The van der Waals surface area contributed by atoms with Gasteiger partial charge in [0, 0.05) is 18.8 Å². The molecular formula is C10H14KN3O4S. The Morgan fingerprint density at radius 2 is 1.89 bits per heavy atom. The van der Waals surface area contributed by atoms with Crippen molar-refractivity contribution >= 4 is 21.7 Å². The Balaban J connectivity index is 0.00000324. The molecule has 0 atom stereocenters. The first-order chi connectivity index (χ1) is 8.46. The van der Waals surface area contributed by atoms with E-state index in [0.29, 0.717) is 6.54 Å². The van der Waals surface area contributed by atoms with Crippen molar-refractivity contribution in [2.24, 2.45) is 9.63 Å². The number of aliphatic hydroxyl groups is 1. The fourth-order valence-electron chi connectivity index (χ4n) is 1.42. The summed E-state index contributed by atoms with van der Waals surface area (Å²) in [6.07, 6.45) is 0. The van der Waals surface area contributed by atoms with Gasteiger partial charge >= 0.3 is 51.4 Å². The van der Waals surface area contributed by atoms with Crippen molar-refractivity contribution in [3.05, 3.63) is 24.3 Å². The van der Waals surface area contributed by atoms with Gasteiger partial charge in [-0.3, -0.25) is 0 Å². The number of rotatable bonds is 6. The Hall–Kier alpha value is 0.126. The predicted molar refractivity (Wildman–Crippen MR) is 65.6 cm³/mol. The van der Waals surface area contributed by atoms with Crippen molar-refractivity contribution in [2.75, 3.05) is 24.6 Å². The van der Waals surface area contributed by atoms with E-state index in [9.17, 15) is 13.0 Å². The number of anilines is 1. The zero-order valence-corrected chi connectivity index (χ0v) is 14.8. The van der Waals surface area contributed by atoms with Crippen LogP contribution in [0.4, 0.5) is 11.4 Å². The molecule has 100 valence electrons. The van der Waals surface area contributed by atoms with E-state index >= 15 is 0 Å². The quantitative estimate of drug-likeness (QED) is 0.373. The average Bonchev–Trinajstić information content (AvgIpc) is 2.33. The summed E-state index contributed by atoms with van der Waals surface area (Å²) in [5, 5.41) is 12.2. The SMILES string of the molecule is CCN(CCO)c1ccc(N=NS(=O)(=O)[O-])cc1.[K+]. The van der Waals surface area contributed by atoms with Gasteiger partial charge in [0.15, 0.2) is 0 Å². The average molecular weight is 311 g/mol. The van der Waals surface area contributed by atoms with Crippen molar-refractivity contribution in [2.45, 2.75) is 6.92 Å². The number of nitrogens with zero attached hydrogens (tertiary/aromatic N) is 3. The van der Waals surface area contributed by atoms with Crippen LogP contribution in [0.5, 0.6) is 0 Å². The fraction of sp³-hybridized carbons (Fsp3) is 0.400. The number of aliphatic hydroxyl groups excluding tert-OH is 1. The summed E-state index contributed by atoms with van der Waals surface area (Å²) in [5.41, 5.74) is 1.15. The Kier molecular flexibility index (Phi) is 9.19. The van der Waals surface area contributed by atoms with Crippen molar-refractivity contribution < 1.29 is 69.5 Å². The number of likely N-dealkylation sites (N-methyl/N-ethyl adjacent to an activating group) is 1. The molecule has 0 bridgehead atoms. The van der Waals surface area contributed by atoms with Gasteiger partial charge in [0.2, 0.25) is 10.3 Å². The number of benzene rings is 1. The van der Waals surface area contributed by atoms with Crippen LogP contribution >= 0.6 is 0 Å². The summed E-state index contributed by atoms with van der Waals surface area (Å²) in [4.78, 5) is 1.94. The molecule has 0 unspecified atom stereocenters. The molecule has 9 heteroatoms. The molecular weight excluding hydrogens is 297 g/mol. The van der Waals surface area contributed by atoms with E-state index in [1.807, 2.05) is 11.8 Å². The summed E-state index contributed by atoms with van der Waals surface area (Å²) in [7, 11) is -4.70. The topological polar surface area (TPSA) is 105 Å². The van der Waals surface area contributed by atoms with Crippen LogP contribution in [0, 0.1) is 0 Å². The van der Waals surface area contributed by atoms with Gasteiger partial charge in [-0.1, -0.05) is 4.52 Å². The third-order valence-corrected chi connectivity index (χ3v) is 2.50. The minimum absolute atomic E-state index is 0. The van der Waals surface area contributed by atoms with Gasteiger partial charge in [0.1, 0.15) is 0 Å². The summed E-state index contributed by atoms with van der Waals surface area (Å²) in [5.74, 6) is 0. The van der Waals surface area contributed by atoms with Crippen LogP contribution in [0.15, 0.2) is 33.9 Å². The molecule has 7 nitrogen and oxygen atoms in total. The van der Waals surface area contributed by atoms with Crippen LogP contribution in [-0.4, -0.2) is 37.8 Å². The van der Waals surface area contributed by atoms with E-state index in [2.05, 4.69) is 9.63 Å². The smallest absolute Gasteiger partial charge is 0.728 e. The van der Waals surface area contributed by atoms with Gasteiger partial charge in [-0.15, -0.1) is 5.11 Å². The van der Waals surface area contributed by atoms with E-state index in [-0.39, 0.29) is 63.7 Å². The number of hydrogen-bond acceptors (Lipinski definition) is 6. The van der Waals surface area contributed by atoms with Crippen LogP contribution in [0.25, 0.3) is 0 Å². The molecule has 1 N–H and O–H groups in total. The van der Waals surface area contributed by atoms with Crippen LogP contribution in [0.3, 0.4) is 0 Å². The van der Waals surface area contributed by atoms with Crippen LogP contribution < -0.4 is 56.3 Å². The van der Waals surface area contributed by atoms with E-state index in [0.717, 1.165) is 12.2 Å². The standard InChI is InChI=1S/C10H15N3O4S.K/c1-2-13(7-8-14)10-5-3-9(4-6-10)11-12-18(15,16)17;/h3-6,14H,2,7-8H2,1H3,(H,15,16,17);/q;+1/p-1. The first-order valence-corrected chi connectivity index (χ1v) is 6.67. The maximum atomic E-state index is 10.3. The molecule has 0 aromatic heterocycles. The third kappa shape index (κ3) is 7.47. The maximum Gasteiger partial charge on any atom is 1.00 e. The molecule has 0 saturated heterocycles. The summed E-state index contributed by atoms with van der Waals surface area (Å²) >= 11 is 0. The molecule has 19 heavy (non-hydrogen) atoms. The van der Waals surface area contributed by atoms with Gasteiger partial charge < -0.3 is 14.6 Å². The Labute approximate surface area is 155 Å². The summed E-state index contributed by atoms with van der Waals surface area (Å²) < 4.78 is 33.4. The minimum atomic E-state index is -4.70. The molecule has 1 rings (SSSR count). The second kappa shape index (κ2) is 9.13. The van der Waals surface area contributed by atoms with Crippen molar-refractivity contribution in [1.29, 1.82) is 0 Å². The van der Waals surface area contributed by atoms with Gasteiger partial charge in [0.05, 0.1) is 12.3 Å². The third-order valence-electron chi connectivity index (χ3n) is 2.22. The zero-order valence-electron chi connectivity index (χ0n) is 10.9. The Morgan fingerprint density at radius 3 is 2.32 bits per heavy atom. The molecule has 0 aliphatic heterocycles. The molecule has 0 spiro atoms. The molecule has 1 aromatic rings. The molecule has 0 radical (unpaired) electrons. The van der Waals surface area contributed by atoms with Crippen molar-refractivity contribution in [3.8, 4) is 0 Å². The van der Waals surface area contributed by atoms with E-state index in [4.69, 9.17) is 5.11 Å². The summed E-state index contributed by atoms with van der Waals surface area (Å²) in [6, 6.07) is 6.52.